The van der Waals surface area contributed by atoms with Crippen molar-refractivity contribution in [3.05, 3.63) is 0 Å². The molecule has 0 aromatic rings. The fourth-order valence-corrected chi connectivity index (χ4v) is 9.48. The van der Waals surface area contributed by atoms with E-state index in [2.05, 4.69) is 26.4 Å². The molecular formula is C16H34BrSb. The Labute approximate surface area is 129 Å². The van der Waals surface area contributed by atoms with Gasteiger partial charge in [0.25, 0.3) is 0 Å². The van der Waals surface area contributed by atoms with E-state index in [1.54, 1.807) is 8.73 Å². The molecule has 0 saturated heterocycles. The van der Waals surface area contributed by atoms with E-state index in [4.69, 9.17) is 0 Å². The molecule has 0 aromatic carbocycles. The molecule has 0 unspecified atom stereocenters. The Bertz CT molecular complexity index is 134. The number of halogens is 1. The first-order valence-corrected chi connectivity index (χ1v) is 17.5. The summed E-state index contributed by atoms with van der Waals surface area (Å²) in [6, 6.07) is 0. The monoisotopic (exact) mass is 426 g/mol. The van der Waals surface area contributed by atoms with Crippen molar-refractivity contribution in [3.63, 3.8) is 0 Å². The molecule has 0 radical (unpaired) electrons. The molecule has 0 amide bonds. The molecule has 0 aliphatic heterocycles. The van der Waals surface area contributed by atoms with Crippen LogP contribution in [0.1, 0.15) is 90.9 Å². The summed E-state index contributed by atoms with van der Waals surface area (Å²) in [6.45, 7) is 4.59. The molecular weight excluding hydrogens is 394 g/mol. The second kappa shape index (κ2) is 16.4. The van der Waals surface area contributed by atoms with E-state index in [0.717, 1.165) is 0 Å². The van der Waals surface area contributed by atoms with Crippen LogP contribution < -0.4 is 0 Å². The van der Waals surface area contributed by atoms with Gasteiger partial charge in [-0.3, -0.25) is 0 Å². The van der Waals surface area contributed by atoms with Crippen molar-refractivity contribution in [3.8, 4) is 0 Å². The number of hydrogen-bond acceptors (Lipinski definition) is 0. The van der Waals surface area contributed by atoms with E-state index in [9.17, 15) is 0 Å². The maximum absolute atomic E-state index is 4.03. The summed E-state index contributed by atoms with van der Waals surface area (Å²) in [5, 5.41) is 0. The molecule has 0 saturated carbocycles. The SMILES string of the molecule is CCCCCCC[CH2][Sb]([Br])[CH2]CCCCCCC. The van der Waals surface area contributed by atoms with Crippen molar-refractivity contribution in [1.82, 2.24) is 0 Å². The molecule has 0 aliphatic carbocycles. The Balaban J connectivity index is 3.10. The molecule has 0 N–H and O–H groups in total. The second-order valence-electron chi connectivity index (χ2n) is 5.45. The van der Waals surface area contributed by atoms with E-state index in [1.807, 2.05) is 0 Å². The zero-order valence-electron chi connectivity index (χ0n) is 12.7. The van der Waals surface area contributed by atoms with Gasteiger partial charge in [0.05, 0.1) is 0 Å². The Morgan fingerprint density at radius 1 is 0.556 bits per heavy atom. The third kappa shape index (κ3) is 15.4. The van der Waals surface area contributed by atoms with Crippen LogP contribution in [0.2, 0.25) is 8.73 Å². The van der Waals surface area contributed by atoms with E-state index >= 15 is 0 Å². The van der Waals surface area contributed by atoms with Crippen LogP contribution in [0.5, 0.6) is 0 Å². The van der Waals surface area contributed by atoms with Gasteiger partial charge in [-0.2, -0.15) is 0 Å². The predicted octanol–water partition coefficient (Wildman–Crippen LogP) is 7.09. The van der Waals surface area contributed by atoms with Gasteiger partial charge < -0.3 is 0 Å². The van der Waals surface area contributed by atoms with Gasteiger partial charge in [0.15, 0.2) is 0 Å². The number of rotatable bonds is 14. The van der Waals surface area contributed by atoms with Crippen LogP contribution in [0.25, 0.3) is 0 Å². The summed E-state index contributed by atoms with van der Waals surface area (Å²) in [4.78, 5) is 0. The molecule has 0 aromatic heterocycles. The zero-order chi connectivity index (χ0) is 13.5. The van der Waals surface area contributed by atoms with Crippen molar-refractivity contribution >= 4 is 30.6 Å². The van der Waals surface area contributed by atoms with Crippen LogP contribution in [0.3, 0.4) is 0 Å². The molecule has 0 fully saturated rings. The van der Waals surface area contributed by atoms with Crippen LogP contribution in [0.4, 0.5) is 0 Å². The molecule has 0 nitrogen and oxygen atoms in total. The topological polar surface area (TPSA) is 0 Å². The first kappa shape index (κ1) is 19.3. The Kier molecular flexibility index (Phi) is 17.5. The molecule has 0 atom stereocenters. The third-order valence-corrected chi connectivity index (χ3v) is 12.8. The van der Waals surface area contributed by atoms with Crippen LogP contribution in [0.15, 0.2) is 0 Å². The Morgan fingerprint density at radius 2 is 0.889 bits per heavy atom. The second-order valence-corrected chi connectivity index (χ2v) is 17.4. The van der Waals surface area contributed by atoms with E-state index in [0.29, 0.717) is 0 Å². The Hall–Kier alpha value is 1.30. The minimum atomic E-state index is -0.921. The number of unbranched alkanes of at least 4 members (excludes halogenated alkanes) is 10. The average Bonchev–Trinajstić information content (AvgIpc) is 2.38. The standard InChI is InChI=1S/2C8H17.BrH.Sb/c2*1-3-5-7-8-6-4-2;;/h2*1,3-8H2,2H3;1H;/q;;;+1/p-1. The summed E-state index contributed by atoms with van der Waals surface area (Å²) in [5.74, 6) is 0. The molecule has 110 valence electrons. The maximum atomic E-state index is 4.03. The first-order chi connectivity index (χ1) is 8.81. The normalized spacial score (nSPS) is 11.3. The van der Waals surface area contributed by atoms with Crippen molar-refractivity contribution in [2.75, 3.05) is 0 Å². The summed E-state index contributed by atoms with van der Waals surface area (Å²) in [5.41, 5.74) is 0. The van der Waals surface area contributed by atoms with Crippen LogP contribution >= 0.6 is 12.6 Å². The van der Waals surface area contributed by atoms with Crippen LogP contribution in [-0.4, -0.2) is 18.0 Å². The van der Waals surface area contributed by atoms with E-state index in [1.165, 1.54) is 77.0 Å². The van der Waals surface area contributed by atoms with Gasteiger partial charge in [0.2, 0.25) is 0 Å². The van der Waals surface area contributed by atoms with Gasteiger partial charge >= 0.3 is 130 Å². The summed E-state index contributed by atoms with van der Waals surface area (Å²) >= 11 is 3.11. The van der Waals surface area contributed by atoms with Gasteiger partial charge in [0.1, 0.15) is 0 Å². The summed E-state index contributed by atoms with van der Waals surface area (Å²) in [6.07, 6.45) is 17.5. The first-order valence-electron chi connectivity index (χ1n) is 8.22. The van der Waals surface area contributed by atoms with Crippen molar-refractivity contribution < 1.29 is 0 Å². The minimum absolute atomic E-state index is 0.921. The van der Waals surface area contributed by atoms with Crippen LogP contribution in [-0.2, 0) is 0 Å². The quantitative estimate of drug-likeness (QED) is 0.205. The fourth-order valence-electron chi connectivity index (χ4n) is 2.24. The molecule has 2 heteroatoms. The molecule has 18 heavy (non-hydrogen) atoms. The average molecular weight is 428 g/mol. The molecule has 0 bridgehead atoms. The van der Waals surface area contributed by atoms with Gasteiger partial charge in [-0.1, -0.05) is 0 Å². The third-order valence-electron chi connectivity index (χ3n) is 3.51. The molecule has 0 rings (SSSR count). The van der Waals surface area contributed by atoms with E-state index in [-0.39, 0.29) is 0 Å². The fraction of sp³-hybridized carbons (Fsp3) is 1.00. The number of hydrogen-bond donors (Lipinski definition) is 0. The summed E-state index contributed by atoms with van der Waals surface area (Å²) < 4.78 is 3.15. The van der Waals surface area contributed by atoms with Gasteiger partial charge in [-0.15, -0.1) is 0 Å². The predicted molar refractivity (Wildman–Crippen MR) is 91.0 cm³/mol. The van der Waals surface area contributed by atoms with Crippen molar-refractivity contribution in [1.29, 1.82) is 0 Å². The van der Waals surface area contributed by atoms with Crippen molar-refractivity contribution in [2.45, 2.75) is 99.6 Å². The van der Waals surface area contributed by atoms with Gasteiger partial charge in [-0.25, -0.2) is 0 Å². The van der Waals surface area contributed by atoms with E-state index < -0.39 is 18.0 Å². The molecule has 0 heterocycles. The summed E-state index contributed by atoms with van der Waals surface area (Å²) in [7, 11) is 0. The molecule has 0 aliphatic rings. The van der Waals surface area contributed by atoms with Crippen molar-refractivity contribution in [2.24, 2.45) is 0 Å². The molecule has 0 spiro atoms. The van der Waals surface area contributed by atoms with Crippen LogP contribution in [0, 0.1) is 0 Å². The van der Waals surface area contributed by atoms with Gasteiger partial charge in [-0.05, 0) is 0 Å². The van der Waals surface area contributed by atoms with Gasteiger partial charge in [0, 0.05) is 0 Å². The Morgan fingerprint density at radius 3 is 1.28 bits per heavy atom. The zero-order valence-corrected chi connectivity index (χ0v) is 16.9.